The average molecular weight is 342 g/mol. The van der Waals surface area contributed by atoms with E-state index in [-0.39, 0.29) is 18.4 Å². The molecular formula is C18H16ClN3O2. The van der Waals surface area contributed by atoms with Gasteiger partial charge in [0.15, 0.2) is 0 Å². The summed E-state index contributed by atoms with van der Waals surface area (Å²) in [6.07, 6.45) is 0. The Hall–Kier alpha value is -2.84. The molecule has 24 heavy (non-hydrogen) atoms. The highest BCUT2D eigenvalue weighted by Gasteiger charge is 2.17. The van der Waals surface area contributed by atoms with E-state index in [2.05, 4.69) is 5.32 Å². The van der Waals surface area contributed by atoms with Crippen molar-refractivity contribution in [3.05, 3.63) is 58.6 Å². The minimum Gasteiger partial charge on any atom is -0.324 e. The van der Waals surface area contributed by atoms with E-state index in [9.17, 15) is 9.59 Å². The lowest BCUT2D eigenvalue weighted by Crippen LogP contribution is -2.36. The fourth-order valence-electron chi connectivity index (χ4n) is 2.19. The van der Waals surface area contributed by atoms with Crippen LogP contribution in [-0.2, 0) is 9.59 Å². The van der Waals surface area contributed by atoms with E-state index < -0.39 is 0 Å². The van der Waals surface area contributed by atoms with Crippen LogP contribution in [0.1, 0.15) is 18.1 Å². The zero-order valence-corrected chi connectivity index (χ0v) is 14.1. The standard InChI is InChI=1S/C18H16ClN3O2/c1-12-6-7-15(19)9-17(12)21-18(24)11-22(13(2)23)16-5-3-4-14(8-16)10-20/h3-9H,11H2,1-2H3,(H,21,24). The number of hydrogen-bond acceptors (Lipinski definition) is 3. The molecule has 0 atom stereocenters. The van der Waals surface area contributed by atoms with Crippen molar-refractivity contribution in [3.63, 3.8) is 0 Å². The van der Waals surface area contributed by atoms with Gasteiger partial charge >= 0.3 is 0 Å². The van der Waals surface area contributed by atoms with Crippen molar-refractivity contribution in [3.8, 4) is 6.07 Å². The molecule has 0 saturated carbocycles. The van der Waals surface area contributed by atoms with Gasteiger partial charge in [-0.05, 0) is 42.8 Å². The lowest BCUT2D eigenvalue weighted by Gasteiger charge is -2.21. The van der Waals surface area contributed by atoms with E-state index in [4.69, 9.17) is 16.9 Å². The van der Waals surface area contributed by atoms with Crippen LogP contribution in [0, 0.1) is 18.3 Å². The number of halogens is 1. The minimum absolute atomic E-state index is 0.157. The second-order valence-corrected chi connectivity index (χ2v) is 5.71. The Morgan fingerprint density at radius 3 is 2.67 bits per heavy atom. The van der Waals surface area contributed by atoms with Crippen LogP contribution < -0.4 is 10.2 Å². The normalized spacial score (nSPS) is 9.92. The van der Waals surface area contributed by atoms with Gasteiger partial charge in [0, 0.05) is 23.3 Å². The predicted molar refractivity (Wildman–Crippen MR) is 94.0 cm³/mol. The molecule has 5 nitrogen and oxygen atoms in total. The number of nitrogens with zero attached hydrogens (tertiary/aromatic N) is 2. The second-order valence-electron chi connectivity index (χ2n) is 5.27. The molecular weight excluding hydrogens is 326 g/mol. The third kappa shape index (κ3) is 4.34. The predicted octanol–water partition coefficient (Wildman–Crippen LogP) is 3.51. The van der Waals surface area contributed by atoms with Crippen molar-refractivity contribution in [1.82, 2.24) is 0 Å². The maximum atomic E-state index is 12.3. The van der Waals surface area contributed by atoms with Gasteiger partial charge < -0.3 is 10.2 Å². The van der Waals surface area contributed by atoms with Gasteiger partial charge in [-0.3, -0.25) is 9.59 Å². The summed E-state index contributed by atoms with van der Waals surface area (Å²) in [7, 11) is 0. The van der Waals surface area contributed by atoms with E-state index in [1.54, 1.807) is 42.5 Å². The molecule has 0 radical (unpaired) electrons. The maximum Gasteiger partial charge on any atom is 0.244 e. The highest BCUT2D eigenvalue weighted by atomic mass is 35.5. The lowest BCUT2D eigenvalue weighted by molar-refractivity contribution is -0.120. The molecule has 0 heterocycles. The molecule has 0 spiro atoms. The summed E-state index contributed by atoms with van der Waals surface area (Å²) >= 11 is 5.94. The Balaban J connectivity index is 2.18. The number of amides is 2. The van der Waals surface area contributed by atoms with Gasteiger partial charge in [-0.25, -0.2) is 0 Å². The van der Waals surface area contributed by atoms with Crippen LogP contribution >= 0.6 is 11.6 Å². The van der Waals surface area contributed by atoms with Crippen molar-refractivity contribution < 1.29 is 9.59 Å². The zero-order chi connectivity index (χ0) is 17.7. The van der Waals surface area contributed by atoms with Crippen LogP contribution in [0.25, 0.3) is 0 Å². The van der Waals surface area contributed by atoms with Crippen molar-refractivity contribution in [2.75, 3.05) is 16.8 Å². The first-order chi connectivity index (χ1) is 11.4. The summed E-state index contributed by atoms with van der Waals surface area (Å²) in [5, 5.41) is 12.2. The van der Waals surface area contributed by atoms with Crippen LogP contribution in [0.15, 0.2) is 42.5 Å². The largest absolute Gasteiger partial charge is 0.324 e. The number of carbonyl (C=O) groups is 2. The molecule has 0 bridgehead atoms. The van der Waals surface area contributed by atoms with Gasteiger partial charge in [0.2, 0.25) is 11.8 Å². The Kier molecular flexibility index (Phi) is 5.56. The highest BCUT2D eigenvalue weighted by Crippen LogP contribution is 2.21. The topological polar surface area (TPSA) is 73.2 Å². The Bertz CT molecular complexity index is 827. The van der Waals surface area contributed by atoms with Crippen LogP contribution in [0.3, 0.4) is 0 Å². The third-order valence-electron chi connectivity index (χ3n) is 3.44. The molecule has 0 aliphatic heterocycles. The van der Waals surface area contributed by atoms with Gasteiger partial charge in [0.05, 0.1) is 11.6 Å². The molecule has 6 heteroatoms. The van der Waals surface area contributed by atoms with Crippen LogP contribution in [0.4, 0.5) is 11.4 Å². The van der Waals surface area contributed by atoms with Gasteiger partial charge in [0.1, 0.15) is 6.54 Å². The number of carbonyl (C=O) groups excluding carboxylic acids is 2. The van der Waals surface area contributed by atoms with E-state index in [0.717, 1.165) is 5.56 Å². The summed E-state index contributed by atoms with van der Waals surface area (Å²) in [4.78, 5) is 25.5. The molecule has 0 fully saturated rings. The third-order valence-corrected chi connectivity index (χ3v) is 3.68. The summed E-state index contributed by atoms with van der Waals surface area (Å²) in [6, 6.07) is 13.8. The van der Waals surface area contributed by atoms with Crippen LogP contribution in [0.5, 0.6) is 0 Å². The number of benzene rings is 2. The van der Waals surface area contributed by atoms with Gasteiger partial charge in [-0.15, -0.1) is 0 Å². The molecule has 2 amide bonds. The molecule has 2 aromatic rings. The Labute approximate surface area is 145 Å². The molecule has 122 valence electrons. The quantitative estimate of drug-likeness (QED) is 0.924. The maximum absolute atomic E-state index is 12.3. The first kappa shape index (κ1) is 17.5. The number of nitrogens with one attached hydrogen (secondary N) is 1. The van der Waals surface area contributed by atoms with E-state index in [1.165, 1.54) is 11.8 Å². The monoisotopic (exact) mass is 341 g/mol. The molecule has 0 aromatic heterocycles. The summed E-state index contributed by atoms with van der Waals surface area (Å²) in [5.41, 5.74) is 2.39. The molecule has 2 rings (SSSR count). The van der Waals surface area contributed by atoms with E-state index >= 15 is 0 Å². The molecule has 0 aliphatic rings. The molecule has 2 aromatic carbocycles. The first-order valence-electron chi connectivity index (χ1n) is 7.25. The van der Waals surface area contributed by atoms with Crippen molar-refractivity contribution in [1.29, 1.82) is 5.26 Å². The zero-order valence-electron chi connectivity index (χ0n) is 13.3. The van der Waals surface area contributed by atoms with Crippen molar-refractivity contribution in [2.45, 2.75) is 13.8 Å². The molecule has 0 aliphatic carbocycles. The number of rotatable bonds is 4. The molecule has 0 saturated heterocycles. The SMILES string of the molecule is CC(=O)N(CC(=O)Nc1cc(Cl)ccc1C)c1cccc(C#N)c1. The summed E-state index contributed by atoms with van der Waals surface area (Å²) < 4.78 is 0. The minimum atomic E-state index is -0.349. The lowest BCUT2D eigenvalue weighted by atomic mass is 10.2. The number of anilines is 2. The summed E-state index contributed by atoms with van der Waals surface area (Å²) in [5.74, 6) is -0.638. The summed E-state index contributed by atoms with van der Waals surface area (Å²) in [6.45, 7) is 3.07. The van der Waals surface area contributed by atoms with Crippen LogP contribution in [0.2, 0.25) is 5.02 Å². The van der Waals surface area contributed by atoms with Crippen molar-refractivity contribution >= 4 is 34.8 Å². The number of aryl methyl sites for hydroxylation is 1. The number of hydrogen-bond donors (Lipinski definition) is 1. The average Bonchev–Trinajstić information content (AvgIpc) is 2.55. The van der Waals surface area contributed by atoms with Crippen LogP contribution in [-0.4, -0.2) is 18.4 Å². The first-order valence-corrected chi connectivity index (χ1v) is 7.63. The fraction of sp³-hybridized carbons (Fsp3) is 0.167. The second kappa shape index (κ2) is 7.62. The Morgan fingerprint density at radius 2 is 2.00 bits per heavy atom. The fourth-order valence-corrected chi connectivity index (χ4v) is 2.36. The highest BCUT2D eigenvalue weighted by molar-refractivity contribution is 6.31. The van der Waals surface area contributed by atoms with Gasteiger partial charge in [0.25, 0.3) is 0 Å². The van der Waals surface area contributed by atoms with E-state index in [1.807, 2.05) is 13.0 Å². The smallest absolute Gasteiger partial charge is 0.244 e. The van der Waals surface area contributed by atoms with Gasteiger partial charge in [-0.2, -0.15) is 5.26 Å². The molecule has 0 unspecified atom stereocenters. The van der Waals surface area contributed by atoms with E-state index in [0.29, 0.717) is 22.0 Å². The Morgan fingerprint density at radius 1 is 1.25 bits per heavy atom. The van der Waals surface area contributed by atoms with Gasteiger partial charge in [-0.1, -0.05) is 23.7 Å². The molecule has 1 N–H and O–H groups in total. The van der Waals surface area contributed by atoms with Crippen molar-refractivity contribution in [2.24, 2.45) is 0 Å². The number of nitriles is 1.